The van der Waals surface area contributed by atoms with Crippen LogP contribution in [0.3, 0.4) is 0 Å². The average molecular weight is 482 g/mol. The summed E-state index contributed by atoms with van der Waals surface area (Å²) in [5, 5.41) is 10.4. The van der Waals surface area contributed by atoms with Crippen molar-refractivity contribution < 1.29 is 23.0 Å². The van der Waals surface area contributed by atoms with E-state index in [0.29, 0.717) is 23.8 Å². The largest absolute Gasteiger partial charge is 0.507 e. The van der Waals surface area contributed by atoms with E-state index in [-0.39, 0.29) is 4.90 Å². The van der Waals surface area contributed by atoms with Crippen LogP contribution >= 0.6 is 0 Å². The summed E-state index contributed by atoms with van der Waals surface area (Å²) >= 11 is 0. The fraction of sp³-hybridized carbons (Fsp3) is 0.333. The van der Waals surface area contributed by atoms with Crippen molar-refractivity contribution in [2.75, 3.05) is 11.3 Å². The highest BCUT2D eigenvalue weighted by molar-refractivity contribution is 7.92. The van der Waals surface area contributed by atoms with E-state index >= 15 is 0 Å². The number of rotatable bonds is 6. The fourth-order valence-electron chi connectivity index (χ4n) is 4.18. The number of nitrogens with one attached hydrogen (secondary N) is 1. The molecule has 7 heteroatoms. The van der Waals surface area contributed by atoms with Gasteiger partial charge in [-0.3, -0.25) is 4.72 Å². The molecule has 1 aliphatic heterocycles. The Kier molecular flexibility index (Phi) is 6.25. The monoisotopic (exact) mass is 481 g/mol. The van der Waals surface area contributed by atoms with Gasteiger partial charge in [0.15, 0.2) is 0 Å². The van der Waals surface area contributed by atoms with E-state index in [0.717, 1.165) is 46.4 Å². The molecule has 0 aromatic heterocycles. The summed E-state index contributed by atoms with van der Waals surface area (Å²) in [6.45, 7) is 10.1. The van der Waals surface area contributed by atoms with E-state index in [1.807, 2.05) is 34.6 Å². The van der Waals surface area contributed by atoms with Crippen LogP contribution in [0.4, 0.5) is 5.69 Å². The number of phenols is 1. The van der Waals surface area contributed by atoms with Crippen molar-refractivity contribution in [2.45, 2.75) is 58.0 Å². The van der Waals surface area contributed by atoms with Gasteiger partial charge in [0.25, 0.3) is 10.0 Å². The van der Waals surface area contributed by atoms with Gasteiger partial charge in [-0.25, -0.2) is 8.42 Å². The summed E-state index contributed by atoms with van der Waals surface area (Å²) in [5.41, 5.74) is 4.67. The van der Waals surface area contributed by atoms with Gasteiger partial charge < -0.3 is 14.6 Å². The molecular weight excluding hydrogens is 450 g/mol. The second-order valence-corrected chi connectivity index (χ2v) is 11.0. The lowest BCUT2D eigenvalue weighted by Crippen LogP contribution is -2.42. The maximum atomic E-state index is 12.6. The van der Waals surface area contributed by atoms with Crippen LogP contribution in [0, 0.1) is 27.7 Å². The van der Waals surface area contributed by atoms with Crippen molar-refractivity contribution in [1.82, 2.24) is 0 Å². The molecule has 0 spiro atoms. The molecule has 1 heterocycles. The molecule has 0 radical (unpaired) electrons. The third kappa shape index (κ3) is 4.71. The molecule has 0 fully saturated rings. The van der Waals surface area contributed by atoms with E-state index in [9.17, 15) is 13.5 Å². The molecule has 2 N–H and O–H groups in total. The van der Waals surface area contributed by atoms with E-state index in [1.54, 1.807) is 48.5 Å². The Balaban J connectivity index is 1.42. The SMILES string of the molecule is Cc1ccc(S(=O)(=O)Nc2ccc(OCC3(C)CCc4c(C)c(O)c(C)c(C)c4O3)cc2)cc1. The molecule has 1 aliphatic rings. The Morgan fingerprint density at radius 1 is 0.971 bits per heavy atom. The summed E-state index contributed by atoms with van der Waals surface area (Å²) in [4.78, 5) is 0.218. The minimum absolute atomic E-state index is 0.218. The van der Waals surface area contributed by atoms with Gasteiger partial charge in [0.1, 0.15) is 29.5 Å². The molecule has 6 nitrogen and oxygen atoms in total. The molecule has 0 amide bonds. The Hall–Kier alpha value is -3.19. The molecule has 3 aromatic carbocycles. The highest BCUT2D eigenvalue weighted by atomic mass is 32.2. The normalized spacial score (nSPS) is 17.6. The lowest BCUT2D eigenvalue weighted by atomic mass is 9.87. The van der Waals surface area contributed by atoms with Crippen LogP contribution < -0.4 is 14.2 Å². The Morgan fingerprint density at radius 2 is 1.62 bits per heavy atom. The summed E-state index contributed by atoms with van der Waals surface area (Å²) in [7, 11) is -3.65. The molecule has 0 saturated carbocycles. The number of sulfonamides is 1. The van der Waals surface area contributed by atoms with Gasteiger partial charge in [-0.05, 0) is 101 Å². The van der Waals surface area contributed by atoms with Crippen molar-refractivity contribution in [2.24, 2.45) is 0 Å². The molecule has 0 bridgehead atoms. The highest BCUT2D eigenvalue weighted by Crippen LogP contribution is 2.43. The molecule has 4 rings (SSSR count). The standard InChI is InChI=1S/C27H31NO5S/c1-17-6-12-23(13-7-17)34(30,31)28-21-8-10-22(11-9-21)32-16-27(5)15-14-24-20(4)25(29)18(2)19(3)26(24)33-27/h6-13,28-29H,14-16H2,1-5H3. The van der Waals surface area contributed by atoms with Crippen molar-refractivity contribution in [3.05, 3.63) is 76.3 Å². The number of hydrogen-bond donors (Lipinski definition) is 2. The van der Waals surface area contributed by atoms with Gasteiger partial charge in [-0.1, -0.05) is 17.7 Å². The maximum absolute atomic E-state index is 12.6. The molecule has 34 heavy (non-hydrogen) atoms. The minimum Gasteiger partial charge on any atom is -0.507 e. The predicted octanol–water partition coefficient (Wildman–Crippen LogP) is 5.59. The minimum atomic E-state index is -3.65. The van der Waals surface area contributed by atoms with Gasteiger partial charge in [-0.2, -0.15) is 0 Å². The molecule has 180 valence electrons. The predicted molar refractivity (Wildman–Crippen MR) is 134 cm³/mol. The van der Waals surface area contributed by atoms with Gasteiger partial charge in [0.2, 0.25) is 0 Å². The van der Waals surface area contributed by atoms with Crippen LogP contribution in [-0.2, 0) is 16.4 Å². The second kappa shape index (κ2) is 8.87. The van der Waals surface area contributed by atoms with Crippen molar-refractivity contribution in [3.63, 3.8) is 0 Å². The average Bonchev–Trinajstić information content (AvgIpc) is 2.81. The van der Waals surface area contributed by atoms with Gasteiger partial charge in [0, 0.05) is 11.3 Å². The number of aryl methyl sites for hydroxylation is 1. The molecule has 3 aromatic rings. The van der Waals surface area contributed by atoms with Gasteiger partial charge in [-0.15, -0.1) is 0 Å². The molecule has 0 aliphatic carbocycles. The van der Waals surface area contributed by atoms with Crippen LogP contribution in [0.5, 0.6) is 17.2 Å². The van der Waals surface area contributed by atoms with E-state index in [1.165, 1.54) is 0 Å². The van der Waals surface area contributed by atoms with Gasteiger partial charge in [0.05, 0.1) is 4.90 Å². The zero-order valence-electron chi connectivity index (χ0n) is 20.2. The number of anilines is 1. The second-order valence-electron chi connectivity index (χ2n) is 9.31. The van der Waals surface area contributed by atoms with E-state index in [4.69, 9.17) is 9.47 Å². The molecular formula is C27H31NO5S. The van der Waals surface area contributed by atoms with Crippen LogP contribution in [0.25, 0.3) is 0 Å². The zero-order valence-corrected chi connectivity index (χ0v) is 21.0. The summed E-state index contributed by atoms with van der Waals surface area (Å²) < 4.78 is 40.2. The summed E-state index contributed by atoms with van der Waals surface area (Å²) in [6.07, 6.45) is 1.56. The number of fused-ring (bicyclic) bond motifs is 1. The van der Waals surface area contributed by atoms with Crippen LogP contribution in [0.15, 0.2) is 53.4 Å². The van der Waals surface area contributed by atoms with Gasteiger partial charge >= 0.3 is 0 Å². The summed E-state index contributed by atoms with van der Waals surface area (Å²) in [6, 6.07) is 13.6. The zero-order chi connectivity index (χ0) is 24.7. The Morgan fingerprint density at radius 3 is 2.26 bits per heavy atom. The van der Waals surface area contributed by atoms with Crippen molar-refractivity contribution in [3.8, 4) is 17.2 Å². The molecule has 1 unspecified atom stereocenters. The first-order valence-corrected chi connectivity index (χ1v) is 12.8. The molecule has 0 saturated heterocycles. The maximum Gasteiger partial charge on any atom is 0.261 e. The third-order valence-corrected chi connectivity index (χ3v) is 7.97. The first kappa shape index (κ1) is 24.0. The van der Waals surface area contributed by atoms with E-state index < -0.39 is 15.6 Å². The number of hydrogen-bond acceptors (Lipinski definition) is 5. The quantitative estimate of drug-likeness (QED) is 0.479. The summed E-state index contributed by atoms with van der Waals surface area (Å²) in [5.74, 6) is 1.81. The topological polar surface area (TPSA) is 84.9 Å². The fourth-order valence-corrected chi connectivity index (χ4v) is 5.24. The lowest BCUT2D eigenvalue weighted by Gasteiger charge is -2.37. The lowest BCUT2D eigenvalue weighted by molar-refractivity contribution is 0.0166. The smallest absolute Gasteiger partial charge is 0.261 e. The van der Waals surface area contributed by atoms with Crippen molar-refractivity contribution in [1.29, 1.82) is 0 Å². The van der Waals surface area contributed by atoms with Crippen molar-refractivity contribution >= 4 is 15.7 Å². The number of phenolic OH excluding ortho intramolecular Hbond substituents is 1. The third-order valence-electron chi connectivity index (χ3n) is 6.57. The van der Waals surface area contributed by atoms with Crippen LogP contribution in [-0.4, -0.2) is 25.7 Å². The molecule has 1 atom stereocenters. The Labute approximate surface area is 201 Å². The first-order chi connectivity index (χ1) is 16.0. The first-order valence-electron chi connectivity index (χ1n) is 11.3. The van der Waals surface area contributed by atoms with E-state index in [2.05, 4.69) is 4.72 Å². The number of benzene rings is 3. The number of ether oxygens (including phenoxy) is 2. The highest BCUT2D eigenvalue weighted by Gasteiger charge is 2.35. The van der Waals surface area contributed by atoms with Crippen LogP contribution in [0.1, 0.15) is 41.2 Å². The van der Waals surface area contributed by atoms with Crippen LogP contribution in [0.2, 0.25) is 0 Å². The Bertz CT molecular complexity index is 1310. The number of aromatic hydroxyl groups is 1.